The Morgan fingerprint density at radius 2 is 1.41 bits per heavy atom. The van der Waals surface area contributed by atoms with E-state index in [2.05, 4.69) is 0 Å². The molecule has 7 heteroatoms. The Bertz CT molecular complexity index is 1700. The van der Waals surface area contributed by atoms with Gasteiger partial charge in [-0.2, -0.15) is 4.31 Å². The van der Waals surface area contributed by atoms with Crippen molar-refractivity contribution in [1.82, 2.24) is 13.9 Å². The highest BCUT2D eigenvalue weighted by Crippen LogP contribution is 2.30. The van der Waals surface area contributed by atoms with Crippen molar-refractivity contribution in [1.29, 1.82) is 0 Å². The van der Waals surface area contributed by atoms with Crippen molar-refractivity contribution in [3.63, 3.8) is 0 Å². The van der Waals surface area contributed by atoms with Gasteiger partial charge in [0.15, 0.2) is 0 Å². The lowest BCUT2D eigenvalue weighted by molar-refractivity contribution is 0.321. The quantitative estimate of drug-likeness (QED) is 0.284. The number of hydrogen-bond acceptors (Lipinski definition) is 4. The first-order chi connectivity index (χ1) is 17.9. The second-order valence-electron chi connectivity index (χ2n) is 8.99. The van der Waals surface area contributed by atoms with Crippen LogP contribution in [0, 0.1) is 6.92 Å². The maximum atomic E-state index is 14.0. The van der Waals surface area contributed by atoms with Crippen LogP contribution in [-0.4, -0.2) is 22.3 Å². The van der Waals surface area contributed by atoms with Crippen molar-refractivity contribution in [2.45, 2.75) is 31.3 Å². The van der Waals surface area contributed by atoms with Crippen LogP contribution in [0.1, 0.15) is 29.9 Å². The zero-order valence-corrected chi connectivity index (χ0v) is 21.5. The Morgan fingerprint density at radius 3 is 2.08 bits per heavy atom. The third kappa shape index (κ3) is 4.83. The largest absolute Gasteiger partial charge is 0.268 e. The predicted octanol–water partition coefficient (Wildman–Crippen LogP) is 5.65. The van der Waals surface area contributed by atoms with Gasteiger partial charge in [-0.25, -0.2) is 13.4 Å². The Balaban J connectivity index is 1.74. The number of fused-ring (bicyclic) bond motifs is 1. The highest BCUT2D eigenvalue weighted by Gasteiger charge is 2.33. The molecule has 1 atom stereocenters. The normalized spacial score (nSPS) is 12.6. The number of nitrogens with zero attached hydrogens (tertiary/aromatic N) is 3. The van der Waals surface area contributed by atoms with Gasteiger partial charge in [0.05, 0.1) is 27.5 Å². The molecule has 0 bridgehead atoms. The second-order valence-corrected chi connectivity index (χ2v) is 10.9. The summed E-state index contributed by atoms with van der Waals surface area (Å²) < 4.78 is 31.0. The lowest BCUT2D eigenvalue weighted by Crippen LogP contribution is -2.37. The van der Waals surface area contributed by atoms with Gasteiger partial charge in [-0.05, 0) is 55.8 Å². The van der Waals surface area contributed by atoms with Gasteiger partial charge in [-0.3, -0.25) is 9.36 Å². The van der Waals surface area contributed by atoms with Gasteiger partial charge in [0.1, 0.15) is 5.82 Å². The number of sulfonamides is 1. The lowest BCUT2D eigenvalue weighted by Gasteiger charge is -2.30. The molecule has 0 N–H and O–H groups in total. The van der Waals surface area contributed by atoms with Crippen molar-refractivity contribution in [2.75, 3.05) is 0 Å². The molecule has 1 aromatic heterocycles. The van der Waals surface area contributed by atoms with E-state index in [0.717, 1.165) is 11.1 Å². The van der Waals surface area contributed by atoms with Crippen LogP contribution >= 0.6 is 0 Å². The average molecular weight is 510 g/mol. The van der Waals surface area contributed by atoms with E-state index in [0.29, 0.717) is 22.4 Å². The van der Waals surface area contributed by atoms with E-state index in [1.807, 2.05) is 67.6 Å². The van der Waals surface area contributed by atoms with Gasteiger partial charge in [0, 0.05) is 6.54 Å². The molecule has 0 aliphatic rings. The van der Waals surface area contributed by atoms with Crippen LogP contribution in [0.15, 0.2) is 119 Å². The summed E-state index contributed by atoms with van der Waals surface area (Å²) in [7, 11) is -3.94. The van der Waals surface area contributed by atoms with Crippen LogP contribution in [0.4, 0.5) is 0 Å². The average Bonchev–Trinajstić information content (AvgIpc) is 2.93. The van der Waals surface area contributed by atoms with E-state index in [1.165, 1.54) is 8.87 Å². The van der Waals surface area contributed by atoms with Crippen molar-refractivity contribution in [3.8, 4) is 5.69 Å². The molecule has 186 valence electrons. The number of para-hydroxylation sites is 1. The molecule has 6 nitrogen and oxygen atoms in total. The predicted molar refractivity (Wildman–Crippen MR) is 146 cm³/mol. The molecule has 0 saturated carbocycles. The summed E-state index contributed by atoms with van der Waals surface area (Å²) in [5.74, 6) is 0.350. The topological polar surface area (TPSA) is 72.3 Å². The first kappa shape index (κ1) is 24.6. The molecule has 1 unspecified atom stereocenters. The number of rotatable bonds is 7. The van der Waals surface area contributed by atoms with E-state index in [4.69, 9.17) is 4.98 Å². The Labute approximate surface area is 216 Å². The fourth-order valence-corrected chi connectivity index (χ4v) is 6.03. The minimum Gasteiger partial charge on any atom is -0.268 e. The molecule has 0 aliphatic carbocycles. The van der Waals surface area contributed by atoms with Gasteiger partial charge in [0.25, 0.3) is 5.56 Å². The minimum absolute atomic E-state index is 0.121. The standard InChI is InChI=1S/C30H27N3O3S/c1-22-17-19-25(20-18-22)33-29(31-28-16-10-9-15-27(28)30(33)34)23(2)32(21-24-11-5-3-6-12-24)37(35,36)26-13-7-4-8-14-26/h3-20,23H,21H2,1-2H3. The van der Waals surface area contributed by atoms with Crippen LogP contribution in [0.3, 0.4) is 0 Å². The molecule has 0 radical (unpaired) electrons. The smallest absolute Gasteiger partial charge is 0.266 e. The molecule has 0 fully saturated rings. The van der Waals surface area contributed by atoms with Gasteiger partial charge in [-0.15, -0.1) is 0 Å². The number of aromatic nitrogens is 2. The molecule has 0 spiro atoms. The molecule has 0 aliphatic heterocycles. The summed E-state index contributed by atoms with van der Waals surface area (Å²) in [5.41, 5.74) is 2.80. The summed E-state index contributed by atoms with van der Waals surface area (Å²) in [5, 5.41) is 0.472. The Hall–Kier alpha value is -4.07. The first-order valence-electron chi connectivity index (χ1n) is 12.1. The maximum Gasteiger partial charge on any atom is 0.266 e. The van der Waals surface area contributed by atoms with Crippen molar-refractivity contribution in [3.05, 3.63) is 136 Å². The highest BCUT2D eigenvalue weighted by molar-refractivity contribution is 7.89. The monoisotopic (exact) mass is 509 g/mol. The van der Waals surface area contributed by atoms with Gasteiger partial charge >= 0.3 is 0 Å². The molecule has 0 amide bonds. The molecular formula is C30H27N3O3S. The van der Waals surface area contributed by atoms with Crippen molar-refractivity contribution < 1.29 is 8.42 Å². The molecule has 5 rings (SSSR count). The molecule has 1 heterocycles. The third-order valence-electron chi connectivity index (χ3n) is 6.43. The van der Waals surface area contributed by atoms with Gasteiger partial charge < -0.3 is 0 Å². The number of hydrogen-bond donors (Lipinski definition) is 0. The summed E-state index contributed by atoms with van der Waals surface area (Å²) in [4.78, 5) is 18.8. The van der Waals surface area contributed by atoms with E-state index in [-0.39, 0.29) is 17.0 Å². The Morgan fingerprint density at radius 1 is 0.811 bits per heavy atom. The molecule has 0 saturated heterocycles. The zero-order chi connectivity index (χ0) is 26.0. The molecular weight excluding hydrogens is 482 g/mol. The second kappa shape index (κ2) is 10.1. The summed E-state index contributed by atoms with van der Waals surface area (Å²) >= 11 is 0. The van der Waals surface area contributed by atoms with Crippen LogP contribution in [0.25, 0.3) is 16.6 Å². The van der Waals surface area contributed by atoms with Gasteiger partial charge in [0.2, 0.25) is 10.0 Å². The number of benzene rings is 4. The maximum absolute atomic E-state index is 14.0. The molecule has 5 aromatic rings. The van der Waals surface area contributed by atoms with Crippen molar-refractivity contribution in [2.24, 2.45) is 0 Å². The molecule has 37 heavy (non-hydrogen) atoms. The summed E-state index contributed by atoms with van der Waals surface area (Å²) in [6, 6.07) is 31.7. The number of aryl methyl sites for hydroxylation is 1. The van der Waals surface area contributed by atoms with E-state index < -0.39 is 16.1 Å². The van der Waals surface area contributed by atoms with Crippen molar-refractivity contribution >= 4 is 20.9 Å². The van der Waals surface area contributed by atoms with E-state index >= 15 is 0 Å². The third-order valence-corrected chi connectivity index (χ3v) is 8.36. The SMILES string of the molecule is Cc1ccc(-n2c(C(C)N(Cc3ccccc3)S(=O)(=O)c3ccccc3)nc3ccccc3c2=O)cc1. The fourth-order valence-electron chi connectivity index (χ4n) is 4.42. The summed E-state index contributed by atoms with van der Waals surface area (Å²) in [6.07, 6.45) is 0. The van der Waals surface area contributed by atoms with Crippen LogP contribution in [0.5, 0.6) is 0 Å². The van der Waals surface area contributed by atoms with Gasteiger partial charge in [-0.1, -0.05) is 78.4 Å². The minimum atomic E-state index is -3.94. The van der Waals surface area contributed by atoms with E-state index in [1.54, 1.807) is 55.5 Å². The highest BCUT2D eigenvalue weighted by atomic mass is 32.2. The Kier molecular flexibility index (Phi) is 6.74. The zero-order valence-electron chi connectivity index (χ0n) is 20.7. The fraction of sp³-hybridized carbons (Fsp3) is 0.133. The first-order valence-corrected chi connectivity index (χ1v) is 13.5. The van der Waals surface area contributed by atoms with Crippen LogP contribution < -0.4 is 5.56 Å². The van der Waals surface area contributed by atoms with Crippen LogP contribution in [-0.2, 0) is 16.6 Å². The summed E-state index contributed by atoms with van der Waals surface area (Å²) in [6.45, 7) is 3.88. The van der Waals surface area contributed by atoms with E-state index in [9.17, 15) is 13.2 Å². The van der Waals surface area contributed by atoms with Crippen LogP contribution in [0.2, 0.25) is 0 Å². The lowest BCUT2D eigenvalue weighted by atomic mass is 10.1. The molecule has 4 aromatic carbocycles.